The Balaban J connectivity index is -0.0000000217. The molecule has 4 fully saturated rings. The van der Waals surface area contributed by atoms with Crippen LogP contribution in [0.15, 0.2) is 0 Å². The van der Waals surface area contributed by atoms with E-state index >= 15 is 0 Å². The summed E-state index contributed by atoms with van der Waals surface area (Å²) >= 11 is 0. The second-order valence-corrected chi connectivity index (χ2v) is 10.4. The van der Waals surface area contributed by atoms with E-state index < -0.39 is 0 Å². The minimum Gasteiger partial charge on any atom is -0.396 e. The lowest BCUT2D eigenvalue weighted by atomic mass is 9.44. The average Bonchev–Trinajstić information content (AvgIpc) is 2.91. The van der Waals surface area contributed by atoms with Crippen LogP contribution in [0.4, 0.5) is 0 Å². The summed E-state index contributed by atoms with van der Waals surface area (Å²) in [6, 6.07) is 0. The van der Waals surface area contributed by atoms with Crippen molar-refractivity contribution in [2.45, 2.75) is 241 Å². The Labute approximate surface area is 303 Å². The molecular weight excluding hydrogens is 548 g/mol. The van der Waals surface area contributed by atoms with Gasteiger partial charge < -0.3 is 10.2 Å². The summed E-state index contributed by atoms with van der Waals surface area (Å²) < 4.78 is 0. The van der Waals surface area contributed by atoms with Gasteiger partial charge in [0.2, 0.25) is 0 Å². The van der Waals surface area contributed by atoms with Gasteiger partial charge >= 0.3 is 0 Å². The maximum Gasteiger partial charge on any atom is 0.0545 e. The Morgan fingerprint density at radius 1 is 0.511 bits per heavy atom. The minimum atomic E-state index is -0.136. The SMILES string of the molecule is C.C.C.C.C.C.C.C.C.C.C.C.C.C.C.C.C.C.C.C.C.CC(O)C1CCC2C3CCC4CC(CO)CCC4(C)C3CCC12C. The van der Waals surface area contributed by atoms with Crippen molar-refractivity contribution in [2.24, 2.45) is 46.3 Å². The normalized spacial score (nSPS) is 29.5. The van der Waals surface area contributed by atoms with Crippen molar-refractivity contribution in [1.29, 1.82) is 0 Å². The molecule has 0 amide bonds. The third-order valence-corrected chi connectivity index (χ3v) is 9.69. The van der Waals surface area contributed by atoms with Crippen LogP contribution in [0.2, 0.25) is 0 Å². The third-order valence-electron chi connectivity index (χ3n) is 9.69. The Morgan fingerprint density at radius 3 is 1.27 bits per heavy atom. The monoisotopic (exact) mass is 671 g/mol. The van der Waals surface area contributed by atoms with E-state index in [0.717, 1.165) is 23.7 Å². The fourth-order valence-electron chi connectivity index (χ4n) is 8.35. The third kappa shape index (κ3) is 18.9. The number of hydrogen-bond donors (Lipinski definition) is 2. The van der Waals surface area contributed by atoms with Crippen LogP contribution in [0.3, 0.4) is 0 Å². The predicted octanol–water partition coefficient (Wildman–Crippen LogP) is 18.0. The Morgan fingerprint density at radius 2 is 0.889 bits per heavy atom. The molecule has 2 N–H and O–H groups in total. The fraction of sp³-hybridized carbons (Fsp3) is 1.00. The van der Waals surface area contributed by atoms with E-state index in [9.17, 15) is 10.2 Å². The van der Waals surface area contributed by atoms with Crippen molar-refractivity contribution in [2.75, 3.05) is 6.61 Å². The first-order valence-corrected chi connectivity index (χ1v) is 10.7. The van der Waals surface area contributed by atoms with Crippen LogP contribution >= 0.6 is 0 Å². The van der Waals surface area contributed by atoms with Gasteiger partial charge in [0.15, 0.2) is 0 Å². The standard InChI is InChI=1S/C22H38O2.21CH4/c1-14(24)18-6-7-19-17-5-4-16-12-15(13-23)8-10-21(16,2)20(17)9-11-22(18,19)3;;;;;;;;;;;;;;;;;;;;;/h14-20,23-24H,4-13H2,1-3H3;21*1H4. The van der Waals surface area contributed by atoms with Crippen LogP contribution in [-0.2, 0) is 0 Å². The topological polar surface area (TPSA) is 40.5 Å². The molecule has 0 aromatic carbocycles. The highest BCUT2D eigenvalue weighted by atomic mass is 16.3. The maximum absolute atomic E-state index is 10.3. The van der Waals surface area contributed by atoms with E-state index in [4.69, 9.17) is 0 Å². The first-order chi connectivity index (χ1) is 11.4. The van der Waals surface area contributed by atoms with Crippen molar-refractivity contribution in [1.82, 2.24) is 0 Å². The molecule has 9 atom stereocenters. The number of aliphatic hydroxyl groups is 2. The van der Waals surface area contributed by atoms with Gasteiger partial charge in [-0.05, 0) is 111 Å². The molecule has 306 valence electrons. The van der Waals surface area contributed by atoms with E-state index in [1.54, 1.807) is 0 Å². The highest BCUT2D eigenvalue weighted by molar-refractivity contribution is 5.09. The molecule has 0 aromatic rings. The van der Waals surface area contributed by atoms with Gasteiger partial charge in [0, 0.05) is 6.61 Å². The van der Waals surface area contributed by atoms with Gasteiger partial charge in [-0.25, -0.2) is 0 Å². The van der Waals surface area contributed by atoms with E-state index in [-0.39, 0.29) is 162 Å². The van der Waals surface area contributed by atoms with Crippen LogP contribution in [0, 0.1) is 46.3 Å². The number of rotatable bonds is 2. The Hall–Kier alpha value is -0.0800. The molecule has 0 aromatic heterocycles. The zero-order chi connectivity index (χ0) is 17.1. The zero-order valence-electron chi connectivity index (χ0n) is 16.0. The zero-order valence-corrected chi connectivity index (χ0v) is 16.0. The largest absolute Gasteiger partial charge is 0.396 e. The van der Waals surface area contributed by atoms with Gasteiger partial charge in [0.1, 0.15) is 0 Å². The molecule has 45 heavy (non-hydrogen) atoms. The van der Waals surface area contributed by atoms with E-state index in [0.29, 0.717) is 29.3 Å². The van der Waals surface area contributed by atoms with Gasteiger partial charge in [0.05, 0.1) is 6.10 Å². The smallest absolute Gasteiger partial charge is 0.0545 e. The van der Waals surface area contributed by atoms with Crippen LogP contribution in [0.5, 0.6) is 0 Å². The molecule has 2 heteroatoms. The van der Waals surface area contributed by atoms with Gasteiger partial charge in [-0.1, -0.05) is 170 Å². The lowest BCUT2D eigenvalue weighted by Crippen LogP contribution is -2.54. The molecule has 9 unspecified atom stereocenters. The first-order valence-electron chi connectivity index (χ1n) is 10.7. The second kappa shape index (κ2) is 43.9. The van der Waals surface area contributed by atoms with Crippen molar-refractivity contribution < 1.29 is 10.2 Å². The summed E-state index contributed by atoms with van der Waals surface area (Å²) in [5, 5.41) is 19.9. The highest BCUT2D eigenvalue weighted by Gasteiger charge is 2.60. The van der Waals surface area contributed by atoms with E-state index in [1.807, 2.05) is 6.92 Å². The molecule has 2 nitrogen and oxygen atoms in total. The summed E-state index contributed by atoms with van der Waals surface area (Å²) in [6.45, 7) is 7.54. The molecule has 0 spiro atoms. The highest BCUT2D eigenvalue weighted by Crippen LogP contribution is 2.68. The Bertz CT molecular complexity index is 476. The quantitative estimate of drug-likeness (QED) is 0.307. The molecule has 4 aliphatic carbocycles. The van der Waals surface area contributed by atoms with Crippen molar-refractivity contribution in [3.05, 3.63) is 0 Å². The summed E-state index contributed by atoms with van der Waals surface area (Å²) in [6.07, 6.45) is 11.8. The minimum absolute atomic E-state index is 0. The lowest BCUT2D eigenvalue weighted by molar-refractivity contribution is -0.126. The summed E-state index contributed by atoms with van der Waals surface area (Å²) in [4.78, 5) is 0. The van der Waals surface area contributed by atoms with Gasteiger partial charge in [0.25, 0.3) is 0 Å². The average molecular weight is 671 g/mol. The Kier molecular flexibility index (Phi) is 117. The number of hydrogen-bond acceptors (Lipinski definition) is 2. The lowest BCUT2D eigenvalue weighted by Gasteiger charge is -2.61. The number of fused-ring (bicyclic) bond motifs is 5. The molecule has 4 rings (SSSR count). The predicted molar refractivity (Wildman–Crippen MR) is 239 cm³/mol. The molecule has 0 heterocycles. The van der Waals surface area contributed by atoms with Gasteiger partial charge in [-0.15, -0.1) is 0 Å². The molecule has 4 aliphatic rings. The van der Waals surface area contributed by atoms with Crippen molar-refractivity contribution in [3.8, 4) is 0 Å². The van der Waals surface area contributed by atoms with Crippen LogP contribution < -0.4 is 0 Å². The fourth-order valence-corrected chi connectivity index (χ4v) is 8.35. The summed E-state index contributed by atoms with van der Waals surface area (Å²) in [5.41, 5.74) is 0.916. The molecule has 4 saturated carbocycles. The second-order valence-electron chi connectivity index (χ2n) is 10.4. The maximum atomic E-state index is 10.3. The van der Waals surface area contributed by atoms with Gasteiger partial charge in [-0.3, -0.25) is 0 Å². The van der Waals surface area contributed by atoms with E-state index in [2.05, 4.69) is 13.8 Å². The molecule has 0 radical (unpaired) electrons. The van der Waals surface area contributed by atoms with Crippen LogP contribution in [0.1, 0.15) is 235 Å². The first kappa shape index (κ1) is 120. The molecule has 0 saturated heterocycles. The van der Waals surface area contributed by atoms with Crippen molar-refractivity contribution in [3.63, 3.8) is 0 Å². The summed E-state index contributed by atoms with van der Waals surface area (Å²) in [5.74, 6) is 4.60. The van der Waals surface area contributed by atoms with E-state index in [1.165, 1.54) is 57.8 Å². The summed E-state index contributed by atoms with van der Waals surface area (Å²) in [7, 11) is 0. The molecular formula is C43H122O2. The van der Waals surface area contributed by atoms with Crippen LogP contribution in [-0.4, -0.2) is 22.9 Å². The van der Waals surface area contributed by atoms with Crippen LogP contribution in [0.25, 0.3) is 0 Å². The van der Waals surface area contributed by atoms with Crippen molar-refractivity contribution >= 4 is 0 Å². The van der Waals surface area contributed by atoms with Gasteiger partial charge in [-0.2, -0.15) is 0 Å². The molecule has 0 aliphatic heterocycles. The number of aliphatic hydroxyl groups excluding tert-OH is 2. The molecule has 0 bridgehead atoms.